The Labute approximate surface area is 130 Å². The normalized spacial score (nSPS) is 10.7. The van der Waals surface area contributed by atoms with Gasteiger partial charge in [-0.25, -0.2) is 4.98 Å². The summed E-state index contributed by atoms with van der Waals surface area (Å²) < 4.78 is 0.916. The first kappa shape index (κ1) is 14.4. The molecule has 0 saturated heterocycles. The quantitative estimate of drug-likeness (QED) is 0.797. The summed E-state index contributed by atoms with van der Waals surface area (Å²) in [7, 11) is 0. The lowest BCUT2D eigenvalue weighted by atomic mass is 10.2. The first-order valence-corrected chi connectivity index (χ1v) is 7.87. The molecule has 0 aliphatic carbocycles. The van der Waals surface area contributed by atoms with Gasteiger partial charge in [-0.1, -0.05) is 26.1 Å². The standard InChI is InChI=1S/C13H14BrN3S2/c1-7(2)11-6-19-13(17-11)16-10-4-3-8(12(15)18)5-9(10)14/h3-7H,1-2H3,(H2,15,18)(H,16,17). The Hall–Kier alpha value is -0.980. The van der Waals surface area contributed by atoms with Crippen molar-refractivity contribution in [1.29, 1.82) is 0 Å². The van der Waals surface area contributed by atoms with E-state index >= 15 is 0 Å². The number of hydrogen-bond acceptors (Lipinski definition) is 4. The Morgan fingerprint density at radius 3 is 2.74 bits per heavy atom. The van der Waals surface area contributed by atoms with Crippen molar-refractivity contribution in [3.8, 4) is 0 Å². The molecule has 3 nitrogen and oxygen atoms in total. The molecular formula is C13H14BrN3S2. The second-order valence-electron chi connectivity index (χ2n) is 4.42. The van der Waals surface area contributed by atoms with E-state index in [-0.39, 0.29) is 0 Å². The highest BCUT2D eigenvalue weighted by Gasteiger charge is 2.08. The number of aromatic nitrogens is 1. The van der Waals surface area contributed by atoms with Crippen molar-refractivity contribution in [3.05, 3.63) is 39.3 Å². The molecule has 6 heteroatoms. The van der Waals surface area contributed by atoms with Crippen LogP contribution in [0.3, 0.4) is 0 Å². The fourth-order valence-corrected chi connectivity index (χ4v) is 2.98. The summed E-state index contributed by atoms with van der Waals surface area (Å²) in [6, 6.07) is 5.74. The second kappa shape index (κ2) is 5.98. The van der Waals surface area contributed by atoms with Gasteiger partial charge in [-0.2, -0.15) is 0 Å². The largest absolute Gasteiger partial charge is 0.389 e. The molecule has 19 heavy (non-hydrogen) atoms. The van der Waals surface area contributed by atoms with Gasteiger partial charge in [0.15, 0.2) is 5.13 Å². The fraction of sp³-hybridized carbons (Fsp3) is 0.231. The lowest BCUT2D eigenvalue weighted by molar-refractivity contribution is 0.834. The van der Waals surface area contributed by atoms with E-state index in [2.05, 4.69) is 45.5 Å². The van der Waals surface area contributed by atoms with E-state index in [1.807, 2.05) is 18.2 Å². The summed E-state index contributed by atoms with van der Waals surface area (Å²) in [4.78, 5) is 4.93. The Bertz CT molecular complexity index is 608. The summed E-state index contributed by atoms with van der Waals surface area (Å²) in [5.41, 5.74) is 8.49. The summed E-state index contributed by atoms with van der Waals surface area (Å²) in [5.74, 6) is 0.437. The molecule has 0 fully saturated rings. The minimum Gasteiger partial charge on any atom is -0.389 e. The van der Waals surface area contributed by atoms with Crippen molar-refractivity contribution >= 4 is 55.3 Å². The van der Waals surface area contributed by atoms with E-state index in [4.69, 9.17) is 18.0 Å². The van der Waals surface area contributed by atoms with Crippen molar-refractivity contribution < 1.29 is 0 Å². The zero-order chi connectivity index (χ0) is 14.0. The van der Waals surface area contributed by atoms with E-state index in [1.54, 1.807) is 11.3 Å². The lowest BCUT2D eigenvalue weighted by Gasteiger charge is -2.07. The maximum atomic E-state index is 5.60. The Kier molecular flexibility index (Phi) is 4.54. The number of nitrogens with one attached hydrogen (secondary N) is 1. The molecule has 0 bridgehead atoms. The van der Waals surface area contributed by atoms with Crippen LogP contribution < -0.4 is 11.1 Å². The van der Waals surface area contributed by atoms with Gasteiger partial charge in [-0.15, -0.1) is 11.3 Å². The molecule has 0 atom stereocenters. The van der Waals surface area contributed by atoms with Gasteiger partial charge >= 0.3 is 0 Å². The van der Waals surface area contributed by atoms with Gasteiger partial charge in [0, 0.05) is 15.4 Å². The topological polar surface area (TPSA) is 50.9 Å². The molecule has 3 N–H and O–H groups in total. The number of thiocarbonyl (C=S) groups is 1. The highest BCUT2D eigenvalue weighted by Crippen LogP contribution is 2.29. The van der Waals surface area contributed by atoms with Gasteiger partial charge in [0.05, 0.1) is 11.4 Å². The molecule has 1 heterocycles. The van der Waals surface area contributed by atoms with Crippen LogP contribution in [0.5, 0.6) is 0 Å². The van der Waals surface area contributed by atoms with E-state index in [0.717, 1.165) is 26.5 Å². The van der Waals surface area contributed by atoms with Crippen LogP contribution in [-0.2, 0) is 0 Å². The van der Waals surface area contributed by atoms with Crippen molar-refractivity contribution in [2.24, 2.45) is 5.73 Å². The van der Waals surface area contributed by atoms with E-state index in [1.165, 1.54) is 0 Å². The van der Waals surface area contributed by atoms with Crippen molar-refractivity contribution in [3.63, 3.8) is 0 Å². The number of thiazole rings is 1. The third-order valence-corrected chi connectivity index (χ3v) is 4.28. The maximum absolute atomic E-state index is 5.60. The SMILES string of the molecule is CC(C)c1csc(Nc2ccc(C(N)=S)cc2Br)n1. The molecular weight excluding hydrogens is 342 g/mol. The minimum absolute atomic E-state index is 0.392. The smallest absolute Gasteiger partial charge is 0.187 e. The van der Waals surface area contributed by atoms with Crippen LogP contribution in [0.1, 0.15) is 31.0 Å². The molecule has 1 aromatic heterocycles. The molecule has 0 saturated carbocycles. The molecule has 0 amide bonds. The summed E-state index contributed by atoms with van der Waals surface area (Å²) in [6.45, 7) is 4.26. The Balaban J connectivity index is 2.20. The van der Waals surface area contributed by atoms with E-state index < -0.39 is 0 Å². The van der Waals surface area contributed by atoms with Crippen LogP contribution in [0.4, 0.5) is 10.8 Å². The van der Waals surface area contributed by atoms with E-state index in [0.29, 0.717) is 10.9 Å². The third kappa shape index (κ3) is 3.52. The summed E-state index contributed by atoms with van der Waals surface area (Å²) in [5, 5.41) is 6.25. The van der Waals surface area contributed by atoms with Crippen molar-refractivity contribution in [1.82, 2.24) is 4.98 Å². The van der Waals surface area contributed by atoms with Crippen LogP contribution in [0, 0.1) is 0 Å². The number of anilines is 2. The minimum atomic E-state index is 0.392. The summed E-state index contributed by atoms with van der Waals surface area (Å²) in [6.07, 6.45) is 0. The molecule has 0 aliphatic rings. The Morgan fingerprint density at radius 2 is 2.21 bits per heavy atom. The van der Waals surface area contributed by atoms with Gasteiger partial charge < -0.3 is 11.1 Å². The van der Waals surface area contributed by atoms with Gasteiger partial charge in [0.25, 0.3) is 0 Å². The fourth-order valence-electron chi connectivity index (χ4n) is 1.49. The van der Waals surface area contributed by atoms with Crippen LogP contribution in [0.25, 0.3) is 0 Å². The highest BCUT2D eigenvalue weighted by atomic mass is 79.9. The first-order chi connectivity index (χ1) is 8.97. The second-order valence-corrected chi connectivity index (χ2v) is 6.57. The molecule has 0 unspecified atom stereocenters. The Morgan fingerprint density at radius 1 is 1.47 bits per heavy atom. The maximum Gasteiger partial charge on any atom is 0.187 e. The van der Waals surface area contributed by atoms with Crippen molar-refractivity contribution in [2.75, 3.05) is 5.32 Å². The lowest BCUT2D eigenvalue weighted by Crippen LogP contribution is -2.09. The van der Waals surface area contributed by atoms with Crippen LogP contribution in [-0.4, -0.2) is 9.97 Å². The van der Waals surface area contributed by atoms with Crippen molar-refractivity contribution in [2.45, 2.75) is 19.8 Å². The molecule has 0 radical (unpaired) electrons. The predicted octanol–water partition coefficient (Wildman–Crippen LogP) is 4.41. The number of hydrogen-bond donors (Lipinski definition) is 2. The van der Waals surface area contributed by atoms with Gasteiger partial charge in [-0.3, -0.25) is 0 Å². The predicted molar refractivity (Wildman–Crippen MR) is 89.5 cm³/mol. The third-order valence-electron chi connectivity index (χ3n) is 2.61. The first-order valence-electron chi connectivity index (χ1n) is 5.79. The van der Waals surface area contributed by atoms with E-state index in [9.17, 15) is 0 Å². The van der Waals surface area contributed by atoms with Crippen LogP contribution in [0.2, 0.25) is 0 Å². The zero-order valence-corrected chi connectivity index (χ0v) is 13.8. The van der Waals surface area contributed by atoms with Gasteiger partial charge in [0.2, 0.25) is 0 Å². The molecule has 0 aliphatic heterocycles. The number of halogens is 1. The van der Waals surface area contributed by atoms with Gasteiger partial charge in [-0.05, 0) is 40.0 Å². The molecule has 1 aromatic carbocycles. The van der Waals surface area contributed by atoms with Gasteiger partial charge in [0.1, 0.15) is 4.99 Å². The number of rotatable bonds is 4. The van der Waals surface area contributed by atoms with Crippen LogP contribution in [0.15, 0.2) is 28.1 Å². The number of nitrogens with two attached hydrogens (primary N) is 1. The molecule has 100 valence electrons. The number of nitrogens with zero attached hydrogens (tertiary/aromatic N) is 1. The summed E-state index contributed by atoms with van der Waals surface area (Å²) >= 11 is 10.1. The monoisotopic (exact) mass is 355 g/mol. The zero-order valence-electron chi connectivity index (χ0n) is 10.6. The number of benzene rings is 1. The average molecular weight is 356 g/mol. The van der Waals surface area contributed by atoms with Crippen LogP contribution >= 0.6 is 39.5 Å². The average Bonchev–Trinajstić information content (AvgIpc) is 2.80. The molecule has 2 aromatic rings. The highest BCUT2D eigenvalue weighted by molar-refractivity contribution is 9.10. The molecule has 2 rings (SSSR count). The molecule has 0 spiro atoms.